The van der Waals surface area contributed by atoms with Crippen LogP contribution in [0.2, 0.25) is 5.02 Å². The van der Waals surface area contributed by atoms with Gasteiger partial charge in [-0.15, -0.1) is 0 Å². The molecule has 0 radical (unpaired) electrons. The summed E-state index contributed by atoms with van der Waals surface area (Å²) in [5, 5.41) is 0.457. The van der Waals surface area contributed by atoms with E-state index >= 15 is 0 Å². The van der Waals surface area contributed by atoms with Crippen LogP contribution in [-0.2, 0) is 14.8 Å². The Labute approximate surface area is 199 Å². The van der Waals surface area contributed by atoms with Gasteiger partial charge in [-0.05, 0) is 62.9 Å². The summed E-state index contributed by atoms with van der Waals surface area (Å²) in [6, 6.07) is 8.63. The van der Waals surface area contributed by atoms with E-state index in [1.54, 1.807) is 25.4 Å². The fourth-order valence-corrected chi connectivity index (χ4v) is 5.48. The molecular weight excluding hydrogens is 462 g/mol. The van der Waals surface area contributed by atoms with Crippen LogP contribution in [0.15, 0.2) is 47.6 Å². The first-order chi connectivity index (χ1) is 15.7. The maximum atomic E-state index is 13.3. The zero-order chi connectivity index (χ0) is 23.8. The number of hydrogen-bond acceptors (Lipinski definition) is 6. The molecule has 1 aromatic carbocycles. The number of ether oxygens (including phenoxy) is 2. The second kappa shape index (κ2) is 9.38. The molecule has 0 bridgehead atoms. The van der Waals surface area contributed by atoms with Crippen LogP contribution in [0.3, 0.4) is 0 Å². The predicted octanol–water partition coefficient (Wildman–Crippen LogP) is 4.97. The first kappa shape index (κ1) is 23.6. The van der Waals surface area contributed by atoms with Gasteiger partial charge >= 0.3 is 0 Å². The lowest BCUT2D eigenvalue weighted by molar-refractivity contribution is 0.0236. The first-order valence-electron chi connectivity index (χ1n) is 10.6. The average Bonchev–Trinajstić information content (AvgIpc) is 2.72. The van der Waals surface area contributed by atoms with Crippen LogP contribution in [0.25, 0.3) is 11.3 Å². The molecule has 3 aromatic rings. The third kappa shape index (κ3) is 5.19. The lowest BCUT2D eigenvalue weighted by Crippen LogP contribution is -2.47. The molecule has 0 spiro atoms. The van der Waals surface area contributed by atoms with Gasteiger partial charge in [-0.1, -0.05) is 29.3 Å². The van der Waals surface area contributed by atoms with Crippen molar-refractivity contribution in [3.8, 4) is 22.9 Å². The second-order valence-corrected chi connectivity index (χ2v) is 10.5. The average molecular weight is 488 g/mol. The van der Waals surface area contributed by atoms with Crippen LogP contribution in [0.5, 0.6) is 11.6 Å². The molecule has 0 atom stereocenters. The Balaban J connectivity index is 1.76. The van der Waals surface area contributed by atoms with Gasteiger partial charge in [-0.25, -0.2) is 18.1 Å². The zero-order valence-corrected chi connectivity index (χ0v) is 20.5. The van der Waals surface area contributed by atoms with E-state index in [0.29, 0.717) is 34.9 Å². The second-order valence-electron chi connectivity index (χ2n) is 8.37. The molecule has 0 unspecified atom stereocenters. The maximum absolute atomic E-state index is 13.3. The Morgan fingerprint density at radius 2 is 1.76 bits per heavy atom. The summed E-state index contributed by atoms with van der Waals surface area (Å²) in [5.74, 6) is 0.576. The first-order valence-corrected chi connectivity index (χ1v) is 12.4. The third-order valence-electron chi connectivity index (χ3n) is 5.67. The minimum atomic E-state index is -3.88. The Morgan fingerprint density at radius 3 is 2.39 bits per heavy atom. The molecule has 7 nitrogen and oxygen atoms in total. The Hall–Kier alpha value is -2.52. The number of nitrogens with zero attached hydrogens (tertiary/aromatic N) is 2. The fraction of sp³-hybridized carbons (Fsp3) is 0.333. The van der Waals surface area contributed by atoms with Crippen molar-refractivity contribution in [1.29, 1.82) is 0 Å². The molecule has 2 aromatic heterocycles. The van der Waals surface area contributed by atoms with E-state index < -0.39 is 10.0 Å². The minimum Gasteiger partial charge on any atom is -0.437 e. The van der Waals surface area contributed by atoms with Crippen molar-refractivity contribution in [1.82, 2.24) is 14.7 Å². The maximum Gasteiger partial charge on any atom is 0.246 e. The zero-order valence-electron chi connectivity index (χ0n) is 18.9. The van der Waals surface area contributed by atoms with Crippen LogP contribution >= 0.6 is 11.6 Å². The lowest BCUT2D eigenvalue weighted by Gasteiger charge is -2.34. The predicted molar refractivity (Wildman–Crippen MR) is 127 cm³/mol. The van der Waals surface area contributed by atoms with Gasteiger partial charge in [0.2, 0.25) is 15.9 Å². The molecule has 33 heavy (non-hydrogen) atoms. The van der Waals surface area contributed by atoms with Crippen molar-refractivity contribution in [2.75, 3.05) is 7.11 Å². The SMILES string of the molecule is COC1CC(NS(=O)(=O)c2ccc(-c3cncc(Cl)c3)nc2Oc2c(C)cc(C)cc2C)C1. The molecular formula is C24H26ClN3O4S. The van der Waals surface area contributed by atoms with Gasteiger partial charge in [0, 0.05) is 31.1 Å². The Kier molecular flexibility index (Phi) is 6.72. The molecule has 2 heterocycles. The standard InChI is InChI=1S/C24H26ClN3O4S/c1-14-7-15(2)23(16(3)8-14)32-24-22(33(29,30)28-19-10-20(11-19)31-4)6-5-21(27-24)17-9-18(25)13-26-12-17/h5-9,12-13,19-20,28H,10-11H2,1-4H3. The van der Waals surface area contributed by atoms with Gasteiger partial charge in [-0.3, -0.25) is 4.98 Å². The van der Waals surface area contributed by atoms with Crippen LogP contribution in [0, 0.1) is 20.8 Å². The topological polar surface area (TPSA) is 90.4 Å². The van der Waals surface area contributed by atoms with Crippen molar-refractivity contribution in [2.45, 2.75) is 50.7 Å². The van der Waals surface area contributed by atoms with E-state index in [0.717, 1.165) is 16.7 Å². The van der Waals surface area contributed by atoms with Crippen molar-refractivity contribution >= 4 is 21.6 Å². The molecule has 1 aliphatic carbocycles. The van der Waals surface area contributed by atoms with Crippen LogP contribution in [0.1, 0.15) is 29.5 Å². The Morgan fingerprint density at radius 1 is 1.06 bits per heavy atom. The highest BCUT2D eigenvalue weighted by atomic mass is 35.5. The number of sulfonamides is 1. The van der Waals surface area contributed by atoms with E-state index in [4.69, 9.17) is 21.1 Å². The van der Waals surface area contributed by atoms with E-state index in [1.807, 2.05) is 32.9 Å². The minimum absolute atomic E-state index is 0.00218. The van der Waals surface area contributed by atoms with Crippen molar-refractivity contribution < 1.29 is 17.9 Å². The number of rotatable bonds is 7. The number of aryl methyl sites for hydroxylation is 3. The van der Waals surface area contributed by atoms with E-state index in [2.05, 4.69) is 14.7 Å². The van der Waals surface area contributed by atoms with Crippen molar-refractivity contribution in [2.24, 2.45) is 0 Å². The van der Waals surface area contributed by atoms with Gasteiger partial charge in [0.1, 0.15) is 10.6 Å². The highest BCUT2D eigenvalue weighted by Crippen LogP contribution is 2.35. The third-order valence-corrected chi connectivity index (χ3v) is 7.41. The molecule has 1 saturated carbocycles. The molecule has 1 N–H and O–H groups in total. The van der Waals surface area contributed by atoms with E-state index in [9.17, 15) is 8.42 Å². The summed E-state index contributed by atoms with van der Waals surface area (Å²) in [6.07, 6.45) is 4.47. The molecule has 9 heteroatoms. The van der Waals surface area contributed by atoms with Gasteiger partial charge in [0.15, 0.2) is 0 Å². The molecule has 4 rings (SSSR count). The van der Waals surface area contributed by atoms with Crippen LogP contribution < -0.4 is 9.46 Å². The molecule has 0 aliphatic heterocycles. The van der Waals surface area contributed by atoms with Crippen LogP contribution in [-0.4, -0.2) is 37.6 Å². The smallest absolute Gasteiger partial charge is 0.246 e. The highest BCUT2D eigenvalue weighted by Gasteiger charge is 2.34. The molecule has 1 fully saturated rings. The van der Waals surface area contributed by atoms with Crippen molar-refractivity contribution in [3.05, 3.63) is 64.4 Å². The fourth-order valence-electron chi connectivity index (χ4n) is 3.98. The molecule has 174 valence electrons. The van der Waals surface area contributed by atoms with Gasteiger partial charge < -0.3 is 9.47 Å². The molecule has 1 aliphatic rings. The largest absolute Gasteiger partial charge is 0.437 e. The van der Waals surface area contributed by atoms with Crippen molar-refractivity contribution in [3.63, 3.8) is 0 Å². The number of nitrogens with one attached hydrogen (secondary N) is 1. The summed E-state index contributed by atoms with van der Waals surface area (Å²) < 4.78 is 40.7. The van der Waals surface area contributed by atoms with Crippen LogP contribution in [0.4, 0.5) is 0 Å². The molecule has 0 saturated heterocycles. The van der Waals surface area contributed by atoms with Gasteiger partial charge in [0.25, 0.3) is 0 Å². The Bertz CT molecular complexity index is 1270. The quantitative estimate of drug-likeness (QED) is 0.506. The number of pyridine rings is 2. The van der Waals surface area contributed by atoms with E-state index in [-0.39, 0.29) is 22.9 Å². The monoisotopic (exact) mass is 487 g/mol. The number of hydrogen-bond donors (Lipinski definition) is 1. The van der Waals surface area contributed by atoms with Gasteiger partial charge in [-0.2, -0.15) is 0 Å². The summed E-state index contributed by atoms with van der Waals surface area (Å²) in [4.78, 5) is 8.64. The number of methoxy groups -OCH3 is 1. The summed E-state index contributed by atoms with van der Waals surface area (Å²) >= 11 is 6.09. The lowest BCUT2D eigenvalue weighted by atomic mass is 9.90. The van der Waals surface area contributed by atoms with E-state index in [1.165, 1.54) is 12.3 Å². The summed E-state index contributed by atoms with van der Waals surface area (Å²) in [5.41, 5.74) is 4.04. The normalized spacial score (nSPS) is 18.1. The highest BCUT2D eigenvalue weighted by molar-refractivity contribution is 7.89. The van der Waals surface area contributed by atoms with Gasteiger partial charge in [0.05, 0.1) is 16.8 Å². The summed E-state index contributed by atoms with van der Waals surface area (Å²) in [6.45, 7) is 5.85. The number of benzene rings is 1. The summed E-state index contributed by atoms with van der Waals surface area (Å²) in [7, 11) is -2.25. The molecule has 0 amide bonds. The number of aromatic nitrogens is 2. The number of halogens is 1.